The largest absolute Gasteiger partial charge is 0.373 e. The highest BCUT2D eigenvalue weighted by atomic mass is 32.1. The summed E-state index contributed by atoms with van der Waals surface area (Å²) in [5.74, 6) is 1.91. The van der Waals surface area contributed by atoms with Crippen LogP contribution in [-0.2, 0) is 11.2 Å². The monoisotopic (exact) mass is 385 g/mol. The van der Waals surface area contributed by atoms with Crippen LogP contribution in [0.2, 0.25) is 0 Å². The van der Waals surface area contributed by atoms with Gasteiger partial charge in [0.1, 0.15) is 0 Å². The SMILES string of the molecule is CN=C(NCC(C)Cc1cccs1)NCC1CCCOC1c1ccccc1. The molecular formula is C22H31N3OS. The lowest BCUT2D eigenvalue weighted by atomic mass is 9.89. The van der Waals surface area contributed by atoms with Crippen LogP contribution in [-0.4, -0.2) is 32.7 Å². The first-order chi connectivity index (χ1) is 13.3. The van der Waals surface area contributed by atoms with Crippen molar-refractivity contribution in [1.29, 1.82) is 0 Å². The molecule has 0 spiro atoms. The highest BCUT2D eigenvalue weighted by Crippen LogP contribution is 2.33. The quantitative estimate of drug-likeness (QED) is 0.553. The van der Waals surface area contributed by atoms with Gasteiger partial charge in [-0.2, -0.15) is 0 Å². The maximum Gasteiger partial charge on any atom is 0.190 e. The summed E-state index contributed by atoms with van der Waals surface area (Å²) in [4.78, 5) is 5.84. The average Bonchev–Trinajstić information content (AvgIpc) is 3.22. The molecule has 1 saturated heterocycles. The number of thiophene rings is 1. The van der Waals surface area contributed by atoms with Gasteiger partial charge >= 0.3 is 0 Å². The van der Waals surface area contributed by atoms with Gasteiger partial charge in [0.05, 0.1) is 6.10 Å². The molecule has 0 bridgehead atoms. The molecule has 3 atom stereocenters. The van der Waals surface area contributed by atoms with Crippen LogP contribution in [0.15, 0.2) is 52.8 Å². The molecule has 2 N–H and O–H groups in total. The fraction of sp³-hybridized carbons (Fsp3) is 0.500. The summed E-state index contributed by atoms with van der Waals surface area (Å²) in [6.45, 7) is 4.92. The number of hydrogen-bond acceptors (Lipinski definition) is 3. The number of nitrogens with one attached hydrogen (secondary N) is 2. The molecular weight excluding hydrogens is 354 g/mol. The lowest BCUT2D eigenvalue weighted by Crippen LogP contribution is -2.43. The fourth-order valence-corrected chi connectivity index (χ4v) is 4.50. The van der Waals surface area contributed by atoms with Gasteiger partial charge in [-0.15, -0.1) is 11.3 Å². The number of aliphatic imine (C=N–C) groups is 1. The van der Waals surface area contributed by atoms with E-state index in [0.717, 1.165) is 38.5 Å². The van der Waals surface area contributed by atoms with E-state index in [-0.39, 0.29) is 6.10 Å². The van der Waals surface area contributed by atoms with Crippen LogP contribution in [0, 0.1) is 11.8 Å². The molecule has 1 fully saturated rings. The predicted octanol–water partition coefficient (Wildman–Crippen LogP) is 4.26. The fourth-order valence-electron chi connectivity index (χ4n) is 3.63. The minimum atomic E-state index is 0.170. The van der Waals surface area contributed by atoms with Gasteiger partial charge in [0.25, 0.3) is 0 Å². The number of guanidine groups is 1. The molecule has 0 saturated carbocycles. The van der Waals surface area contributed by atoms with Crippen molar-refractivity contribution in [3.05, 3.63) is 58.3 Å². The van der Waals surface area contributed by atoms with E-state index in [1.54, 1.807) is 0 Å². The Balaban J connectivity index is 1.47. The van der Waals surface area contributed by atoms with E-state index in [2.05, 4.69) is 70.4 Å². The molecule has 2 heterocycles. The zero-order chi connectivity index (χ0) is 18.9. The molecule has 4 nitrogen and oxygen atoms in total. The van der Waals surface area contributed by atoms with Crippen molar-refractivity contribution in [3.63, 3.8) is 0 Å². The van der Waals surface area contributed by atoms with Crippen molar-refractivity contribution in [2.75, 3.05) is 26.7 Å². The molecule has 1 aliphatic rings. The van der Waals surface area contributed by atoms with E-state index in [0.29, 0.717) is 11.8 Å². The van der Waals surface area contributed by atoms with Crippen LogP contribution in [0.4, 0.5) is 0 Å². The topological polar surface area (TPSA) is 45.7 Å². The van der Waals surface area contributed by atoms with Crippen LogP contribution in [0.25, 0.3) is 0 Å². The summed E-state index contributed by atoms with van der Waals surface area (Å²) in [6.07, 6.45) is 3.58. The lowest BCUT2D eigenvalue weighted by Gasteiger charge is -2.32. The van der Waals surface area contributed by atoms with E-state index >= 15 is 0 Å². The number of rotatable bonds is 7. The average molecular weight is 386 g/mol. The Hall–Kier alpha value is -1.85. The van der Waals surface area contributed by atoms with Crippen molar-refractivity contribution in [3.8, 4) is 0 Å². The van der Waals surface area contributed by atoms with E-state index in [1.807, 2.05) is 18.4 Å². The van der Waals surface area contributed by atoms with E-state index in [1.165, 1.54) is 16.9 Å². The van der Waals surface area contributed by atoms with Gasteiger partial charge in [-0.25, -0.2) is 0 Å². The van der Waals surface area contributed by atoms with Crippen LogP contribution in [0.5, 0.6) is 0 Å². The highest BCUT2D eigenvalue weighted by molar-refractivity contribution is 7.09. The summed E-state index contributed by atoms with van der Waals surface area (Å²) < 4.78 is 6.10. The zero-order valence-corrected chi connectivity index (χ0v) is 17.2. The third kappa shape index (κ3) is 6.08. The molecule has 0 aliphatic carbocycles. The third-order valence-corrected chi connectivity index (χ3v) is 5.97. The summed E-state index contributed by atoms with van der Waals surface area (Å²) in [6, 6.07) is 14.9. The van der Waals surface area contributed by atoms with E-state index in [9.17, 15) is 0 Å². The normalized spacial score (nSPS) is 21.6. The van der Waals surface area contributed by atoms with Crippen molar-refractivity contribution >= 4 is 17.3 Å². The Kier molecular flexibility index (Phi) is 7.72. The van der Waals surface area contributed by atoms with Crippen LogP contribution in [0.3, 0.4) is 0 Å². The number of hydrogen-bond donors (Lipinski definition) is 2. The van der Waals surface area contributed by atoms with Gasteiger partial charge in [0.2, 0.25) is 0 Å². The van der Waals surface area contributed by atoms with Crippen LogP contribution < -0.4 is 10.6 Å². The first kappa shape index (κ1) is 19.9. The molecule has 0 amide bonds. The minimum Gasteiger partial charge on any atom is -0.373 e. The summed E-state index contributed by atoms with van der Waals surface area (Å²) in [7, 11) is 1.84. The van der Waals surface area contributed by atoms with Gasteiger partial charge < -0.3 is 15.4 Å². The second kappa shape index (κ2) is 10.5. The molecule has 3 rings (SSSR count). The molecule has 1 aliphatic heterocycles. The molecule has 3 unspecified atom stereocenters. The number of benzene rings is 1. The van der Waals surface area contributed by atoms with E-state index < -0.39 is 0 Å². The molecule has 146 valence electrons. The van der Waals surface area contributed by atoms with Crippen molar-refractivity contribution < 1.29 is 4.74 Å². The maximum absolute atomic E-state index is 6.10. The van der Waals surface area contributed by atoms with Gasteiger partial charge in [0, 0.05) is 37.5 Å². The summed E-state index contributed by atoms with van der Waals surface area (Å²) in [5, 5.41) is 9.14. The first-order valence-corrected chi connectivity index (χ1v) is 10.8. The van der Waals surface area contributed by atoms with Gasteiger partial charge in [-0.05, 0) is 42.2 Å². The van der Waals surface area contributed by atoms with Crippen molar-refractivity contribution in [2.45, 2.75) is 32.3 Å². The maximum atomic E-state index is 6.10. The standard InChI is InChI=1S/C22H31N3OS/c1-17(14-20-11-7-13-27-20)15-24-22(23-2)25-16-19-10-6-12-26-21(19)18-8-4-3-5-9-18/h3-5,7-9,11,13,17,19,21H,6,10,12,14-16H2,1-2H3,(H2,23,24,25). The number of ether oxygens (including phenoxy) is 1. The molecule has 5 heteroatoms. The zero-order valence-electron chi connectivity index (χ0n) is 16.4. The molecule has 2 aromatic rings. The van der Waals surface area contributed by atoms with Gasteiger partial charge in [-0.1, -0.05) is 43.3 Å². The Morgan fingerprint density at radius 3 is 2.81 bits per heavy atom. The van der Waals surface area contributed by atoms with Gasteiger partial charge in [-0.3, -0.25) is 4.99 Å². The first-order valence-electron chi connectivity index (χ1n) is 9.89. The number of nitrogens with zero attached hydrogens (tertiary/aromatic N) is 1. The highest BCUT2D eigenvalue weighted by Gasteiger charge is 2.27. The van der Waals surface area contributed by atoms with Crippen LogP contribution in [0.1, 0.15) is 36.3 Å². The lowest BCUT2D eigenvalue weighted by molar-refractivity contribution is -0.0265. The Labute approximate surface area is 167 Å². The predicted molar refractivity (Wildman–Crippen MR) is 114 cm³/mol. The Morgan fingerprint density at radius 2 is 2.07 bits per heavy atom. The smallest absolute Gasteiger partial charge is 0.190 e. The Morgan fingerprint density at radius 1 is 1.22 bits per heavy atom. The third-order valence-electron chi connectivity index (χ3n) is 5.08. The Bertz CT molecular complexity index is 687. The second-order valence-corrected chi connectivity index (χ2v) is 8.36. The molecule has 1 aromatic heterocycles. The molecule has 1 aromatic carbocycles. The molecule has 27 heavy (non-hydrogen) atoms. The van der Waals surface area contributed by atoms with Gasteiger partial charge in [0.15, 0.2) is 5.96 Å². The second-order valence-electron chi connectivity index (χ2n) is 7.33. The van der Waals surface area contributed by atoms with Crippen molar-refractivity contribution in [2.24, 2.45) is 16.8 Å². The molecule has 0 radical (unpaired) electrons. The van der Waals surface area contributed by atoms with E-state index in [4.69, 9.17) is 4.74 Å². The van der Waals surface area contributed by atoms with Crippen LogP contribution >= 0.6 is 11.3 Å². The van der Waals surface area contributed by atoms with Crippen molar-refractivity contribution in [1.82, 2.24) is 10.6 Å². The summed E-state index contributed by atoms with van der Waals surface area (Å²) >= 11 is 1.83. The summed E-state index contributed by atoms with van der Waals surface area (Å²) in [5.41, 5.74) is 1.27. The minimum absolute atomic E-state index is 0.170.